The molecule has 0 heterocycles. The van der Waals surface area contributed by atoms with E-state index in [1.807, 2.05) is 0 Å². The molecule has 0 amide bonds. The van der Waals surface area contributed by atoms with E-state index in [9.17, 15) is 5.11 Å². The average Bonchev–Trinajstić information content (AvgIpc) is 2.76. The van der Waals surface area contributed by atoms with Crippen molar-refractivity contribution in [2.45, 2.75) is 70.6 Å². The number of hydrogen-bond acceptors (Lipinski definition) is 1. The number of aromatic hydroxyl groups is 1. The summed E-state index contributed by atoms with van der Waals surface area (Å²) in [6.07, 6.45) is 10.9. The van der Waals surface area contributed by atoms with Crippen LogP contribution in [0.1, 0.15) is 76.2 Å². The van der Waals surface area contributed by atoms with E-state index >= 15 is 8.78 Å². The van der Waals surface area contributed by atoms with Crippen LogP contribution >= 0.6 is 0 Å². The van der Waals surface area contributed by atoms with Crippen LogP contribution in [-0.4, -0.2) is 5.11 Å². The monoisotopic (exact) mass is 422 g/mol. The van der Waals surface area contributed by atoms with E-state index in [1.54, 1.807) is 48.5 Å². The van der Waals surface area contributed by atoms with E-state index in [1.165, 1.54) is 44.9 Å². The van der Waals surface area contributed by atoms with Crippen LogP contribution in [-0.2, 0) is 0 Å². The predicted octanol–water partition coefficient (Wildman–Crippen LogP) is 8.73. The van der Waals surface area contributed by atoms with Crippen molar-refractivity contribution in [3.63, 3.8) is 0 Å². The molecule has 4 rings (SSSR count). The molecule has 0 aromatic heterocycles. The van der Waals surface area contributed by atoms with E-state index in [-0.39, 0.29) is 17.2 Å². The van der Waals surface area contributed by atoms with Crippen molar-refractivity contribution in [3.8, 4) is 16.9 Å². The molecule has 1 aliphatic rings. The molecule has 1 saturated carbocycles. The summed E-state index contributed by atoms with van der Waals surface area (Å²) >= 11 is 0. The van der Waals surface area contributed by atoms with Crippen molar-refractivity contribution in [3.05, 3.63) is 65.7 Å². The van der Waals surface area contributed by atoms with Crippen LogP contribution in [0, 0.1) is 17.6 Å². The van der Waals surface area contributed by atoms with Gasteiger partial charge in [-0.15, -0.1) is 0 Å². The van der Waals surface area contributed by atoms with Crippen molar-refractivity contribution in [2.24, 2.45) is 5.92 Å². The molecule has 31 heavy (non-hydrogen) atoms. The summed E-state index contributed by atoms with van der Waals surface area (Å²) in [5, 5.41) is 11.3. The number of phenolic OH excluding ortho intramolecular Hbond substituents is 1. The summed E-state index contributed by atoms with van der Waals surface area (Å²) < 4.78 is 30.1. The third-order valence-corrected chi connectivity index (χ3v) is 6.96. The van der Waals surface area contributed by atoms with Crippen LogP contribution in [0.15, 0.2) is 48.5 Å². The molecule has 1 nitrogen and oxygen atoms in total. The molecule has 0 saturated heterocycles. The van der Waals surface area contributed by atoms with Crippen LogP contribution in [0.2, 0.25) is 0 Å². The molecule has 0 spiro atoms. The van der Waals surface area contributed by atoms with E-state index in [0.29, 0.717) is 5.56 Å². The lowest BCUT2D eigenvalue weighted by Gasteiger charge is -2.29. The summed E-state index contributed by atoms with van der Waals surface area (Å²) in [5.74, 6) is 0.228. The van der Waals surface area contributed by atoms with Gasteiger partial charge in [0.05, 0.1) is 5.56 Å². The summed E-state index contributed by atoms with van der Waals surface area (Å²) in [4.78, 5) is 0. The van der Waals surface area contributed by atoms with Gasteiger partial charge in [-0.3, -0.25) is 0 Å². The van der Waals surface area contributed by atoms with Gasteiger partial charge in [0, 0.05) is 0 Å². The van der Waals surface area contributed by atoms with Gasteiger partial charge in [0.1, 0.15) is 17.4 Å². The Labute approximate surface area is 184 Å². The van der Waals surface area contributed by atoms with E-state index < -0.39 is 11.6 Å². The zero-order valence-corrected chi connectivity index (χ0v) is 18.3. The highest BCUT2D eigenvalue weighted by atomic mass is 19.1. The lowest BCUT2D eigenvalue weighted by Crippen LogP contribution is -2.14. The molecular formula is C28H32F2O. The van der Waals surface area contributed by atoms with Gasteiger partial charge in [-0.25, -0.2) is 8.78 Å². The van der Waals surface area contributed by atoms with Gasteiger partial charge < -0.3 is 5.11 Å². The molecule has 3 aromatic rings. The number of fused-ring (bicyclic) bond motifs is 1. The van der Waals surface area contributed by atoms with E-state index in [0.717, 1.165) is 35.1 Å². The molecule has 0 aliphatic heterocycles. The average molecular weight is 423 g/mol. The van der Waals surface area contributed by atoms with Gasteiger partial charge in [-0.05, 0) is 89.8 Å². The largest absolute Gasteiger partial charge is 0.508 e. The first-order chi connectivity index (χ1) is 15.0. The lowest BCUT2D eigenvalue weighted by molar-refractivity contribution is 0.301. The zero-order valence-electron chi connectivity index (χ0n) is 18.3. The minimum Gasteiger partial charge on any atom is -0.508 e. The summed E-state index contributed by atoms with van der Waals surface area (Å²) in [6, 6.07) is 13.4. The Morgan fingerprint density at radius 3 is 2.19 bits per heavy atom. The maximum atomic E-state index is 15.1. The second kappa shape index (κ2) is 9.80. The van der Waals surface area contributed by atoms with Gasteiger partial charge in [0.15, 0.2) is 0 Å². The van der Waals surface area contributed by atoms with E-state index in [2.05, 4.69) is 6.92 Å². The first-order valence-corrected chi connectivity index (χ1v) is 11.8. The minimum absolute atomic E-state index is 0.0309. The van der Waals surface area contributed by atoms with Gasteiger partial charge in [0.25, 0.3) is 0 Å². The highest BCUT2D eigenvalue weighted by Crippen LogP contribution is 2.40. The number of benzene rings is 3. The molecule has 3 heteroatoms. The first kappa shape index (κ1) is 21.8. The number of unbranched alkanes of at least 4 members (excludes halogenated alkanes) is 3. The quantitative estimate of drug-likeness (QED) is 0.377. The van der Waals surface area contributed by atoms with Crippen LogP contribution in [0.25, 0.3) is 21.9 Å². The molecule has 164 valence electrons. The summed E-state index contributed by atoms with van der Waals surface area (Å²) in [5.41, 5.74) is 1.35. The Balaban J connectivity index is 1.47. The van der Waals surface area contributed by atoms with Gasteiger partial charge in [0.2, 0.25) is 0 Å². The third-order valence-electron chi connectivity index (χ3n) is 6.96. The van der Waals surface area contributed by atoms with Crippen molar-refractivity contribution in [1.82, 2.24) is 0 Å². The maximum Gasteiger partial charge on any atom is 0.134 e. The van der Waals surface area contributed by atoms with Gasteiger partial charge in [-0.2, -0.15) is 0 Å². The molecule has 1 aliphatic carbocycles. The Morgan fingerprint density at radius 1 is 0.806 bits per heavy atom. The highest BCUT2D eigenvalue weighted by Gasteiger charge is 2.24. The molecule has 0 bridgehead atoms. The molecule has 1 N–H and O–H groups in total. The Hall–Kier alpha value is -2.42. The minimum atomic E-state index is -0.491. The van der Waals surface area contributed by atoms with Gasteiger partial charge >= 0.3 is 0 Å². The molecular weight excluding hydrogens is 390 g/mol. The van der Waals surface area contributed by atoms with Crippen molar-refractivity contribution in [2.75, 3.05) is 0 Å². The molecule has 0 atom stereocenters. The fraction of sp³-hybridized carbons (Fsp3) is 0.429. The number of rotatable bonds is 7. The Morgan fingerprint density at radius 2 is 1.48 bits per heavy atom. The standard InChI is InChI=1S/C28H32F2O/c1-2-3-4-5-6-19-7-9-20(10-8-19)24-17-26(29)28(27(30)18-24)23-12-11-22-16-25(31)14-13-21(22)15-23/h11-20,31H,2-10H2,1H3. The maximum absolute atomic E-state index is 15.1. The first-order valence-electron chi connectivity index (χ1n) is 11.8. The normalized spacial score (nSPS) is 19.1. The Kier molecular flexibility index (Phi) is 6.89. The van der Waals surface area contributed by atoms with Crippen LogP contribution < -0.4 is 0 Å². The second-order valence-electron chi connectivity index (χ2n) is 9.17. The number of halogens is 2. The van der Waals surface area contributed by atoms with Crippen LogP contribution in [0.5, 0.6) is 5.75 Å². The summed E-state index contributed by atoms with van der Waals surface area (Å²) in [6.45, 7) is 2.24. The fourth-order valence-electron chi connectivity index (χ4n) is 5.14. The fourth-order valence-corrected chi connectivity index (χ4v) is 5.14. The SMILES string of the molecule is CCCCCCC1CCC(c2cc(F)c(-c3ccc4cc(O)ccc4c3)c(F)c2)CC1. The zero-order chi connectivity index (χ0) is 21.8. The molecule has 1 fully saturated rings. The molecule has 0 radical (unpaired) electrons. The Bertz CT molecular complexity index is 1010. The van der Waals surface area contributed by atoms with Crippen molar-refractivity contribution < 1.29 is 13.9 Å². The number of phenols is 1. The molecule has 0 unspecified atom stereocenters. The topological polar surface area (TPSA) is 20.2 Å². The molecule has 3 aromatic carbocycles. The van der Waals surface area contributed by atoms with Crippen LogP contribution in [0.3, 0.4) is 0 Å². The predicted molar refractivity (Wildman–Crippen MR) is 124 cm³/mol. The van der Waals surface area contributed by atoms with Gasteiger partial charge in [-0.1, -0.05) is 57.2 Å². The summed E-state index contributed by atoms with van der Waals surface area (Å²) in [7, 11) is 0. The van der Waals surface area contributed by atoms with Crippen molar-refractivity contribution in [1.29, 1.82) is 0 Å². The van der Waals surface area contributed by atoms with Crippen LogP contribution in [0.4, 0.5) is 8.78 Å². The highest BCUT2D eigenvalue weighted by molar-refractivity contribution is 5.88. The third kappa shape index (κ3) is 5.08. The lowest BCUT2D eigenvalue weighted by atomic mass is 9.76. The van der Waals surface area contributed by atoms with Crippen molar-refractivity contribution >= 4 is 10.8 Å². The van der Waals surface area contributed by atoms with E-state index in [4.69, 9.17) is 0 Å². The second-order valence-corrected chi connectivity index (χ2v) is 9.17. The number of hydrogen-bond donors (Lipinski definition) is 1. The smallest absolute Gasteiger partial charge is 0.134 e.